The second kappa shape index (κ2) is 5.84. The fourth-order valence-corrected chi connectivity index (χ4v) is 3.54. The molecule has 88 valence electrons. The van der Waals surface area contributed by atoms with Gasteiger partial charge in [0.25, 0.3) is 0 Å². The molecule has 0 radical (unpaired) electrons. The van der Waals surface area contributed by atoms with Crippen LogP contribution in [0.25, 0.3) is 0 Å². The van der Waals surface area contributed by atoms with E-state index in [-0.39, 0.29) is 0 Å². The van der Waals surface area contributed by atoms with Crippen molar-refractivity contribution in [1.29, 1.82) is 0 Å². The Hall–Kier alpha value is -0.320. The van der Waals surface area contributed by atoms with Gasteiger partial charge in [-0.25, -0.2) is 4.79 Å². The maximum atomic E-state index is 11.1. The molecular weight excluding hydrogens is 264 g/mol. The van der Waals surface area contributed by atoms with Crippen molar-refractivity contribution in [1.82, 2.24) is 0 Å². The zero-order chi connectivity index (χ0) is 12.3. The Morgan fingerprint density at radius 3 is 2.44 bits per heavy atom. The molecule has 0 saturated carbocycles. The molecule has 0 spiro atoms. The third-order valence-corrected chi connectivity index (χ3v) is 4.37. The lowest BCUT2D eigenvalue weighted by Crippen LogP contribution is -2.01. The zero-order valence-electron chi connectivity index (χ0n) is 9.28. The fourth-order valence-electron chi connectivity index (χ4n) is 1.26. The minimum absolute atomic E-state index is 0.319. The molecule has 0 aliphatic rings. The lowest BCUT2D eigenvalue weighted by Gasteiger charge is -2.13. The van der Waals surface area contributed by atoms with Crippen LogP contribution in [-0.2, 0) is 0 Å². The summed E-state index contributed by atoms with van der Waals surface area (Å²) in [6.07, 6.45) is 1.86. The molecule has 1 rings (SSSR count). The van der Waals surface area contributed by atoms with Gasteiger partial charge in [0.05, 0.1) is 10.6 Å². The van der Waals surface area contributed by atoms with Crippen LogP contribution in [0.3, 0.4) is 0 Å². The van der Waals surface area contributed by atoms with E-state index in [0.717, 1.165) is 9.79 Å². The number of carbonyl (C=O) groups is 1. The van der Waals surface area contributed by atoms with Crippen molar-refractivity contribution in [2.75, 3.05) is 6.26 Å². The SMILES string of the molecule is CSc1c(C(=O)O)ccc(Cl)c1SC(C)C. The highest BCUT2D eigenvalue weighted by atomic mass is 35.5. The molecule has 0 fully saturated rings. The van der Waals surface area contributed by atoms with E-state index in [1.807, 2.05) is 6.26 Å². The van der Waals surface area contributed by atoms with Crippen LogP contribution < -0.4 is 0 Å². The Morgan fingerprint density at radius 2 is 2.00 bits per heavy atom. The van der Waals surface area contributed by atoms with Gasteiger partial charge in [-0.15, -0.1) is 23.5 Å². The van der Waals surface area contributed by atoms with E-state index in [4.69, 9.17) is 16.7 Å². The topological polar surface area (TPSA) is 37.3 Å². The van der Waals surface area contributed by atoms with E-state index in [2.05, 4.69) is 13.8 Å². The average molecular weight is 277 g/mol. The van der Waals surface area contributed by atoms with E-state index in [1.165, 1.54) is 11.8 Å². The minimum Gasteiger partial charge on any atom is -0.478 e. The summed E-state index contributed by atoms with van der Waals surface area (Å²) in [6, 6.07) is 3.20. The molecule has 16 heavy (non-hydrogen) atoms. The molecule has 1 aromatic rings. The maximum Gasteiger partial charge on any atom is 0.336 e. The zero-order valence-corrected chi connectivity index (χ0v) is 11.7. The van der Waals surface area contributed by atoms with E-state index in [9.17, 15) is 4.79 Å². The highest BCUT2D eigenvalue weighted by Gasteiger charge is 2.17. The van der Waals surface area contributed by atoms with Crippen LogP contribution in [-0.4, -0.2) is 22.6 Å². The van der Waals surface area contributed by atoms with Crippen molar-refractivity contribution < 1.29 is 9.90 Å². The second-order valence-corrected chi connectivity index (χ2v) is 6.24. The molecule has 0 saturated heterocycles. The summed E-state index contributed by atoms with van der Waals surface area (Å²) >= 11 is 9.11. The third-order valence-electron chi connectivity index (χ3n) is 1.85. The number of carboxylic acid groups (broad SMARTS) is 1. The largest absolute Gasteiger partial charge is 0.478 e. The predicted octanol–water partition coefficient (Wildman–Crippen LogP) is 4.26. The summed E-state index contributed by atoms with van der Waals surface area (Å²) < 4.78 is 0. The van der Waals surface area contributed by atoms with Gasteiger partial charge in [0.15, 0.2) is 0 Å². The van der Waals surface area contributed by atoms with Crippen LogP contribution in [0.2, 0.25) is 5.02 Å². The number of rotatable bonds is 4. The Kier molecular flexibility index (Phi) is 5.02. The van der Waals surface area contributed by atoms with Crippen molar-refractivity contribution in [2.24, 2.45) is 0 Å². The molecule has 0 aliphatic heterocycles. The number of halogens is 1. The number of thioether (sulfide) groups is 2. The van der Waals surface area contributed by atoms with Gasteiger partial charge in [-0.3, -0.25) is 0 Å². The van der Waals surface area contributed by atoms with Crippen molar-refractivity contribution in [3.63, 3.8) is 0 Å². The van der Waals surface area contributed by atoms with E-state index in [0.29, 0.717) is 15.8 Å². The third kappa shape index (κ3) is 3.09. The van der Waals surface area contributed by atoms with Crippen molar-refractivity contribution >= 4 is 41.1 Å². The molecule has 0 amide bonds. The molecule has 0 unspecified atom stereocenters. The van der Waals surface area contributed by atoms with Crippen LogP contribution in [0.15, 0.2) is 21.9 Å². The molecule has 1 N–H and O–H groups in total. The van der Waals surface area contributed by atoms with Gasteiger partial charge >= 0.3 is 5.97 Å². The molecule has 0 bridgehead atoms. The van der Waals surface area contributed by atoms with Gasteiger partial charge < -0.3 is 5.11 Å². The summed E-state index contributed by atoms with van der Waals surface area (Å²) in [5.41, 5.74) is 0.319. The van der Waals surface area contributed by atoms with Gasteiger partial charge in [-0.2, -0.15) is 0 Å². The standard InChI is InChI=1S/C11H13ClO2S2/c1-6(2)16-10-8(12)5-4-7(11(13)14)9(10)15-3/h4-6H,1-3H3,(H,13,14). The van der Waals surface area contributed by atoms with Gasteiger partial charge in [-0.1, -0.05) is 25.4 Å². The number of hydrogen-bond donors (Lipinski definition) is 1. The van der Waals surface area contributed by atoms with Gasteiger partial charge in [0.1, 0.15) is 0 Å². The molecule has 0 heterocycles. The first-order chi connectivity index (χ1) is 7.47. The molecule has 0 aromatic heterocycles. The first kappa shape index (κ1) is 13.7. The lowest BCUT2D eigenvalue weighted by molar-refractivity contribution is 0.0692. The van der Waals surface area contributed by atoms with Gasteiger partial charge in [-0.05, 0) is 18.4 Å². The summed E-state index contributed by atoms with van der Waals surface area (Å²) in [5, 5.41) is 10.1. The summed E-state index contributed by atoms with van der Waals surface area (Å²) in [6.45, 7) is 4.11. The van der Waals surface area contributed by atoms with Crippen LogP contribution in [0, 0.1) is 0 Å². The van der Waals surface area contributed by atoms with E-state index < -0.39 is 5.97 Å². The first-order valence-electron chi connectivity index (χ1n) is 4.73. The van der Waals surface area contributed by atoms with Crippen LogP contribution in [0.5, 0.6) is 0 Å². The molecule has 0 atom stereocenters. The Bertz CT molecular complexity index is 405. The fraction of sp³-hybridized carbons (Fsp3) is 0.364. The predicted molar refractivity (Wildman–Crippen MR) is 71.2 cm³/mol. The quantitative estimate of drug-likeness (QED) is 0.834. The molecule has 2 nitrogen and oxygen atoms in total. The molecule has 0 aliphatic carbocycles. The Balaban J connectivity index is 3.32. The first-order valence-corrected chi connectivity index (χ1v) is 7.22. The smallest absolute Gasteiger partial charge is 0.336 e. The molecule has 1 aromatic carbocycles. The van der Waals surface area contributed by atoms with Crippen molar-refractivity contribution in [3.8, 4) is 0 Å². The number of aromatic carboxylic acids is 1. The summed E-state index contributed by atoms with van der Waals surface area (Å²) in [7, 11) is 0. The van der Waals surface area contributed by atoms with Gasteiger partial charge in [0.2, 0.25) is 0 Å². The lowest BCUT2D eigenvalue weighted by atomic mass is 10.2. The van der Waals surface area contributed by atoms with Gasteiger partial charge in [0, 0.05) is 15.0 Å². The van der Waals surface area contributed by atoms with Crippen molar-refractivity contribution in [3.05, 3.63) is 22.7 Å². The number of hydrogen-bond acceptors (Lipinski definition) is 3. The van der Waals surface area contributed by atoms with Crippen LogP contribution in [0.1, 0.15) is 24.2 Å². The van der Waals surface area contributed by atoms with E-state index in [1.54, 1.807) is 23.9 Å². The highest BCUT2D eigenvalue weighted by Crippen LogP contribution is 2.39. The summed E-state index contributed by atoms with van der Waals surface area (Å²) in [4.78, 5) is 12.7. The highest BCUT2D eigenvalue weighted by molar-refractivity contribution is 8.02. The van der Waals surface area contributed by atoms with E-state index >= 15 is 0 Å². The normalized spacial score (nSPS) is 10.8. The monoisotopic (exact) mass is 276 g/mol. The Labute approximate surface area is 109 Å². The second-order valence-electron chi connectivity index (χ2n) is 3.43. The molecule has 5 heteroatoms. The Morgan fingerprint density at radius 1 is 1.38 bits per heavy atom. The minimum atomic E-state index is -0.911. The van der Waals surface area contributed by atoms with Crippen molar-refractivity contribution in [2.45, 2.75) is 28.9 Å². The number of carboxylic acids is 1. The average Bonchev–Trinajstić information content (AvgIpc) is 2.19. The summed E-state index contributed by atoms with van der Waals surface area (Å²) in [5.74, 6) is -0.911. The van der Waals surface area contributed by atoms with Crippen LogP contribution in [0.4, 0.5) is 0 Å². The molecular formula is C11H13ClO2S2. The number of benzene rings is 1. The maximum absolute atomic E-state index is 11.1. The van der Waals surface area contributed by atoms with Crippen LogP contribution >= 0.6 is 35.1 Å².